The third-order valence-corrected chi connectivity index (χ3v) is 6.24. The van der Waals surface area contributed by atoms with E-state index < -0.39 is 17.6 Å². The summed E-state index contributed by atoms with van der Waals surface area (Å²) in [5.74, 6) is -0.0892. The number of carbonyl (C=O) groups is 1. The van der Waals surface area contributed by atoms with Crippen LogP contribution in [0.15, 0.2) is 36.5 Å². The van der Waals surface area contributed by atoms with Gasteiger partial charge in [0.2, 0.25) is 5.91 Å². The molecule has 5 heteroatoms. The van der Waals surface area contributed by atoms with Crippen molar-refractivity contribution in [2.24, 2.45) is 5.41 Å². The number of amides is 1. The van der Waals surface area contributed by atoms with Crippen molar-refractivity contribution in [1.82, 2.24) is 10.3 Å². The Morgan fingerprint density at radius 1 is 1.03 bits per heavy atom. The smallest absolute Gasteiger partial charge is 0.225 e. The molecule has 200 valence electrons. The maximum absolute atomic E-state index is 12.5. The molecule has 2 N–H and O–H groups in total. The van der Waals surface area contributed by atoms with Gasteiger partial charge < -0.3 is 15.2 Å². The van der Waals surface area contributed by atoms with Gasteiger partial charge in [-0.15, -0.1) is 0 Å². The summed E-state index contributed by atoms with van der Waals surface area (Å²) in [4.78, 5) is 16.8. The molecule has 1 heterocycles. The summed E-state index contributed by atoms with van der Waals surface area (Å²) in [6, 6.07) is 5.34. The van der Waals surface area contributed by atoms with Crippen molar-refractivity contribution in [3.63, 3.8) is 0 Å². The Kier molecular flexibility index (Phi) is 17.4. The van der Waals surface area contributed by atoms with Gasteiger partial charge in [-0.25, -0.2) is 0 Å². The van der Waals surface area contributed by atoms with E-state index in [1.54, 1.807) is 6.20 Å². The van der Waals surface area contributed by atoms with Gasteiger partial charge in [0.25, 0.3) is 0 Å². The van der Waals surface area contributed by atoms with Gasteiger partial charge in [-0.05, 0) is 25.0 Å². The van der Waals surface area contributed by atoms with Gasteiger partial charge in [-0.2, -0.15) is 0 Å². The van der Waals surface area contributed by atoms with Gasteiger partial charge in [0.1, 0.15) is 0 Å². The van der Waals surface area contributed by atoms with Crippen LogP contribution in [0, 0.1) is 5.41 Å². The Labute approximate surface area is 215 Å². The second-order valence-electron chi connectivity index (χ2n) is 10.7. The largest absolute Gasteiger partial charge is 0.387 e. The zero-order valence-corrected chi connectivity index (χ0v) is 22.9. The first kappa shape index (κ1) is 31.3. The molecule has 0 saturated heterocycles. The average Bonchev–Trinajstić information content (AvgIpc) is 2.83. The van der Waals surface area contributed by atoms with Gasteiger partial charge in [0, 0.05) is 23.7 Å². The lowest BCUT2D eigenvalue weighted by Crippen LogP contribution is -2.49. The Morgan fingerprint density at radius 3 is 2.23 bits per heavy atom. The minimum absolute atomic E-state index is 0.0892. The maximum Gasteiger partial charge on any atom is 0.225 e. The molecule has 0 aliphatic carbocycles. The number of unbranched alkanes of at least 4 members (excludes halogenated alkanes) is 11. The zero-order chi connectivity index (χ0) is 25.8. The summed E-state index contributed by atoms with van der Waals surface area (Å²) >= 11 is 0. The van der Waals surface area contributed by atoms with Crippen LogP contribution in [0.1, 0.15) is 110 Å². The fraction of sp³-hybridized carbons (Fsp3) is 0.733. The van der Waals surface area contributed by atoms with Crippen LogP contribution in [0.4, 0.5) is 0 Å². The molecule has 0 aliphatic heterocycles. The van der Waals surface area contributed by atoms with Crippen LogP contribution in [-0.2, 0) is 16.0 Å². The number of hydrogen-bond acceptors (Lipinski definition) is 4. The molecule has 0 radical (unpaired) electrons. The van der Waals surface area contributed by atoms with Crippen LogP contribution in [0.2, 0.25) is 0 Å². The number of aliphatic hydroxyl groups is 1. The molecule has 1 aromatic heterocycles. The number of ether oxygens (including phenoxy) is 1. The molecule has 0 bridgehead atoms. The summed E-state index contributed by atoms with van der Waals surface area (Å²) < 4.78 is 5.80. The van der Waals surface area contributed by atoms with Crippen LogP contribution in [0.25, 0.3) is 0 Å². The summed E-state index contributed by atoms with van der Waals surface area (Å²) in [6.45, 7) is 8.63. The quantitative estimate of drug-likeness (QED) is 0.157. The van der Waals surface area contributed by atoms with E-state index in [1.807, 2.05) is 51.1 Å². The van der Waals surface area contributed by atoms with Gasteiger partial charge in [-0.3, -0.25) is 9.78 Å². The Bertz CT molecular complexity index is 670. The lowest BCUT2D eigenvalue weighted by molar-refractivity contribution is -0.130. The highest BCUT2D eigenvalue weighted by molar-refractivity contribution is 5.81. The number of nitrogens with one attached hydrogen (secondary N) is 1. The van der Waals surface area contributed by atoms with Crippen molar-refractivity contribution in [3.8, 4) is 0 Å². The average molecular weight is 489 g/mol. The number of aliphatic hydroxyl groups excluding tert-OH is 1. The summed E-state index contributed by atoms with van der Waals surface area (Å²) in [6.07, 6.45) is 21.1. The van der Waals surface area contributed by atoms with E-state index in [0.29, 0.717) is 13.0 Å². The SMILES string of the molecule is CCCCCCCCCCCCC/C=C/[C@@H](O)[C@H](COCCc1ccccn1)NC(=O)C(C)(C)C. The van der Waals surface area contributed by atoms with Gasteiger partial charge >= 0.3 is 0 Å². The fourth-order valence-electron chi connectivity index (χ4n) is 3.84. The van der Waals surface area contributed by atoms with Crippen molar-refractivity contribution < 1.29 is 14.6 Å². The molecule has 0 unspecified atom stereocenters. The highest BCUT2D eigenvalue weighted by Gasteiger charge is 2.26. The topological polar surface area (TPSA) is 71.5 Å². The van der Waals surface area contributed by atoms with Crippen LogP contribution in [0.5, 0.6) is 0 Å². The van der Waals surface area contributed by atoms with Crippen LogP contribution in [0.3, 0.4) is 0 Å². The molecule has 5 nitrogen and oxygen atoms in total. The number of nitrogens with zero attached hydrogens (tertiary/aromatic N) is 1. The molecule has 35 heavy (non-hydrogen) atoms. The third-order valence-electron chi connectivity index (χ3n) is 6.24. The van der Waals surface area contributed by atoms with E-state index in [4.69, 9.17) is 4.74 Å². The van der Waals surface area contributed by atoms with Gasteiger partial charge in [0.05, 0.1) is 25.4 Å². The second kappa shape index (κ2) is 19.5. The first-order valence-electron chi connectivity index (χ1n) is 14.0. The minimum atomic E-state index is -0.774. The number of allylic oxidation sites excluding steroid dienone is 1. The maximum atomic E-state index is 12.5. The number of carbonyl (C=O) groups excluding carboxylic acids is 1. The zero-order valence-electron chi connectivity index (χ0n) is 22.9. The molecule has 2 atom stereocenters. The monoisotopic (exact) mass is 488 g/mol. The minimum Gasteiger partial charge on any atom is -0.387 e. The predicted molar refractivity (Wildman–Crippen MR) is 146 cm³/mol. The number of rotatable bonds is 20. The fourth-order valence-corrected chi connectivity index (χ4v) is 3.84. The first-order chi connectivity index (χ1) is 16.8. The van der Waals surface area contributed by atoms with Crippen LogP contribution in [-0.4, -0.2) is 41.4 Å². The Morgan fingerprint density at radius 2 is 1.66 bits per heavy atom. The van der Waals surface area contributed by atoms with Crippen molar-refractivity contribution in [2.45, 2.75) is 123 Å². The molecule has 0 aromatic carbocycles. The molecular formula is C30H52N2O3. The van der Waals surface area contributed by atoms with Crippen LogP contribution < -0.4 is 5.32 Å². The molecule has 0 saturated carbocycles. The standard InChI is InChI=1S/C30H52N2O3/c1-5-6-7-8-9-10-11-12-13-14-15-16-17-21-28(33)27(32-29(34)30(2,3)4)25-35-24-22-26-20-18-19-23-31-26/h17-21,23,27-28,33H,5-16,22,24-25H2,1-4H3,(H,32,34)/b21-17+/t27-,28+/m0/s1. The van der Waals surface area contributed by atoms with E-state index in [2.05, 4.69) is 17.2 Å². The molecule has 0 aliphatic rings. The third kappa shape index (κ3) is 16.6. The predicted octanol–water partition coefficient (Wildman–Crippen LogP) is 6.79. The van der Waals surface area contributed by atoms with E-state index >= 15 is 0 Å². The second-order valence-corrected chi connectivity index (χ2v) is 10.7. The molecule has 1 amide bonds. The Hall–Kier alpha value is -1.72. The normalized spacial score (nSPS) is 13.7. The van der Waals surface area contributed by atoms with E-state index in [0.717, 1.165) is 18.5 Å². The van der Waals surface area contributed by atoms with Crippen LogP contribution >= 0.6 is 0 Å². The van der Waals surface area contributed by atoms with Crippen molar-refractivity contribution in [1.29, 1.82) is 0 Å². The lowest BCUT2D eigenvalue weighted by atomic mass is 9.95. The molecule has 1 aromatic rings. The van der Waals surface area contributed by atoms with E-state index in [9.17, 15) is 9.90 Å². The summed E-state index contributed by atoms with van der Waals surface area (Å²) in [5.41, 5.74) is 0.445. The van der Waals surface area contributed by atoms with Crippen molar-refractivity contribution in [3.05, 3.63) is 42.2 Å². The van der Waals surface area contributed by atoms with Gasteiger partial charge in [0.15, 0.2) is 0 Å². The number of hydrogen-bond donors (Lipinski definition) is 2. The number of pyridine rings is 1. The van der Waals surface area contributed by atoms with E-state index in [-0.39, 0.29) is 12.5 Å². The summed E-state index contributed by atoms with van der Waals surface area (Å²) in [5, 5.41) is 13.7. The first-order valence-corrected chi connectivity index (χ1v) is 14.0. The number of aromatic nitrogens is 1. The van der Waals surface area contributed by atoms with E-state index in [1.165, 1.54) is 64.2 Å². The molecule has 0 spiro atoms. The lowest BCUT2D eigenvalue weighted by Gasteiger charge is -2.26. The molecule has 0 fully saturated rings. The highest BCUT2D eigenvalue weighted by Crippen LogP contribution is 2.15. The molecule has 1 rings (SSSR count). The van der Waals surface area contributed by atoms with Gasteiger partial charge in [-0.1, -0.05) is 110 Å². The Balaban J connectivity index is 2.29. The van der Waals surface area contributed by atoms with Crippen molar-refractivity contribution >= 4 is 5.91 Å². The summed E-state index contributed by atoms with van der Waals surface area (Å²) in [7, 11) is 0. The molecular weight excluding hydrogens is 436 g/mol. The van der Waals surface area contributed by atoms with Crippen molar-refractivity contribution in [2.75, 3.05) is 13.2 Å². The highest BCUT2D eigenvalue weighted by atomic mass is 16.5.